The fraction of sp³-hybridized carbons (Fsp3) is 0.421. The predicted molar refractivity (Wildman–Crippen MR) is 98.2 cm³/mol. The Balaban J connectivity index is 1.57. The standard InChI is InChI=1S/C19H23ClN2O3/c20-17-11-15(5-6-18(17)22-7-1-2-8-22)19(24)21-12-14(13-23)10-16-4-3-9-25-16/h3-6,9,11,14,23H,1-2,7-8,10,12-13H2,(H,21,24). The van der Waals surface area contributed by atoms with Gasteiger partial charge in [-0.15, -0.1) is 0 Å². The monoisotopic (exact) mass is 362 g/mol. The van der Waals surface area contributed by atoms with Crippen molar-refractivity contribution in [2.75, 3.05) is 31.1 Å². The van der Waals surface area contributed by atoms with Gasteiger partial charge in [-0.2, -0.15) is 0 Å². The van der Waals surface area contributed by atoms with Crippen LogP contribution in [0.5, 0.6) is 0 Å². The maximum absolute atomic E-state index is 12.4. The number of hydrogen-bond donors (Lipinski definition) is 2. The molecular formula is C19H23ClN2O3. The van der Waals surface area contributed by atoms with E-state index in [0.717, 1.165) is 24.5 Å². The number of furan rings is 1. The molecule has 2 N–H and O–H groups in total. The second-order valence-corrected chi connectivity index (χ2v) is 6.81. The lowest BCUT2D eigenvalue weighted by Gasteiger charge is -2.19. The molecule has 0 aliphatic carbocycles. The quantitative estimate of drug-likeness (QED) is 0.794. The van der Waals surface area contributed by atoms with Crippen LogP contribution in [-0.4, -0.2) is 37.3 Å². The molecule has 1 atom stereocenters. The van der Waals surface area contributed by atoms with Gasteiger partial charge >= 0.3 is 0 Å². The van der Waals surface area contributed by atoms with E-state index in [1.54, 1.807) is 18.4 Å². The molecule has 6 heteroatoms. The van der Waals surface area contributed by atoms with Gasteiger partial charge in [-0.3, -0.25) is 4.79 Å². The minimum absolute atomic E-state index is 0.0182. The molecule has 25 heavy (non-hydrogen) atoms. The van der Waals surface area contributed by atoms with Crippen LogP contribution in [0.15, 0.2) is 41.0 Å². The highest BCUT2D eigenvalue weighted by molar-refractivity contribution is 6.33. The molecule has 5 nitrogen and oxygen atoms in total. The van der Waals surface area contributed by atoms with Gasteiger partial charge in [-0.05, 0) is 43.2 Å². The summed E-state index contributed by atoms with van der Waals surface area (Å²) in [5.74, 6) is 0.522. The zero-order valence-electron chi connectivity index (χ0n) is 14.1. The molecule has 1 saturated heterocycles. The van der Waals surface area contributed by atoms with Crippen molar-refractivity contribution >= 4 is 23.2 Å². The Labute approximate surface area is 152 Å². The van der Waals surface area contributed by atoms with E-state index >= 15 is 0 Å². The number of aliphatic hydroxyl groups excluding tert-OH is 1. The first-order valence-electron chi connectivity index (χ1n) is 8.63. The summed E-state index contributed by atoms with van der Waals surface area (Å²) in [4.78, 5) is 14.6. The molecule has 1 aliphatic heterocycles. The minimum atomic E-state index is -0.187. The number of carbonyl (C=O) groups is 1. The Hall–Kier alpha value is -1.98. The molecule has 2 aromatic rings. The first kappa shape index (κ1) is 17.8. The van der Waals surface area contributed by atoms with Gasteiger partial charge in [-0.25, -0.2) is 0 Å². The minimum Gasteiger partial charge on any atom is -0.469 e. The largest absolute Gasteiger partial charge is 0.469 e. The molecule has 0 radical (unpaired) electrons. The number of aliphatic hydroxyl groups is 1. The third kappa shape index (κ3) is 4.55. The van der Waals surface area contributed by atoms with Gasteiger partial charge in [0, 0.05) is 44.1 Å². The van der Waals surface area contributed by atoms with E-state index < -0.39 is 0 Å². The van der Waals surface area contributed by atoms with Crippen molar-refractivity contribution in [2.45, 2.75) is 19.3 Å². The van der Waals surface area contributed by atoms with Crippen molar-refractivity contribution in [2.24, 2.45) is 5.92 Å². The molecule has 2 heterocycles. The Kier molecular flexibility index (Phi) is 6.00. The van der Waals surface area contributed by atoms with Crippen LogP contribution in [0.25, 0.3) is 0 Å². The third-order valence-corrected chi connectivity index (χ3v) is 4.84. The Bertz CT molecular complexity index is 697. The number of anilines is 1. The number of carbonyl (C=O) groups excluding carboxylic acids is 1. The lowest BCUT2D eigenvalue weighted by atomic mass is 10.0. The van der Waals surface area contributed by atoms with Crippen molar-refractivity contribution in [3.05, 3.63) is 52.9 Å². The normalized spacial score (nSPS) is 15.4. The zero-order valence-corrected chi connectivity index (χ0v) is 14.8. The van der Waals surface area contributed by atoms with E-state index in [2.05, 4.69) is 10.2 Å². The molecule has 0 spiro atoms. The number of rotatable bonds is 7. The van der Waals surface area contributed by atoms with E-state index in [4.69, 9.17) is 16.0 Å². The maximum atomic E-state index is 12.4. The number of benzene rings is 1. The zero-order chi connectivity index (χ0) is 17.6. The summed E-state index contributed by atoms with van der Waals surface area (Å²) in [6.07, 6.45) is 4.54. The van der Waals surface area contributed by atoms with Crippen molar-refractivity contribution < 1.29 is 14.3 Å². The van der Waals surface area contributed by atoms with Crippen molar-refractivity contribution in [3.8, 4) is 0 Å². The van der Waals surface area contributed by atoms with Crippen molar-refractivity contribution in [1.82, 2.24) is 5.32 Å². The van der Waals surface area contributed by atoms with Crippen LogP contribution in [0.2, 0.25) is 5.02 Å². The van der Waals surface area contributed by atoms with Crippen LogP contribution in [0.3, 0.4) is 0 Å². The van der Waals surface area contributed by atoms with Crippen LogP contribution in [0.1, 0.15) is 29.0 Å². The average Bonchev–Trinajstić information content (AvgIpc) is 3.31. The molecule has 1 aliphatic rings. The second-order valence-electron chi connectivity index (χ2n) is 6.40. The Morgan fingerprint density at radius 1 is 1.32 bits per heavy atom. The predicted octanol–water partition coefficient (Wildman–Crippen LogP) is 3.11. The van der Waals surface area contributed by atoms with E-state index in [1.807, 2.05) is 18.2 Å². The van der Waals surface area contributed by atoms with Gasteiger partial charge in [0.1, 0.15) is 5.76 Å². The van der Waals surface area contributed by atoms with Crippen LogP contribution in [0, 0.1) is 5.92 Å². The lowest BCUT2D eigenvalue weighted by molar-refractivity contribution is 0.0939. The van der Waals surface area contributed by atoms with Crippen LogP contribution in [0.4, 0.5) is 5.69 Å². The maximum Gasteiger partial charge on any atom is 0.251 e. The molecule has 134 valence electrons. The molecule has 1 aromatic heterocycles. The number of hydrogen-bond acceptors (Lipinski definition) is 4. The summed E-state index contributed by atoms with van der Waals surface area (Å²) in [7, 11) is 0. The molecule has 1 aromatic carbocycles. The highest BCUT2D eigenvalue weighted by Crippen LogP contribution is 2.29. The first-order valence-corrected chi connectivity index (χ1v) is 9.01. The summed E-state index contributed by atoms with van der Waals surface area (Å²) in [6, 6.07) is 9.10. The molecule has 1 amide bonds. The highest BCUT2D eigenvalue weighted by atomic mass is 35.5. The number of nitrogens with one attached hydrogen (secondary N) is 1. The van der Waals surface area contributed by atoms with Crippen LogP contribution >= 0.6 is 11.6 Å². The summed E-state index contributed by atoms with van der Waals surface area (Å²) in [5.41, 5.74) is 1.52. The second kappa shape index (κ2) is 8.41. The fourth-order valence-electron chi connectivity index (χ4n) is 3.12. The van der Waals surface area contributed by atoms with Crippen LogP contribution in [-0.2, 0) is 6.42 Å². The van der Waals surface area contributed by atoms with E-state index in [-0.39, 0.29) is 18.4 Å². The highest BCUT2D eigenvalue weighted by Gasteiger charge is 2.17. The summed E-state index contributed by atoms with van der Waals surface area (Å²) in [6.45, 7) is 2.38. The SMILES string of the molecule is O=C(NCC(CO)Cc1ccco1)c1ccc(N2CCCC2)c(Cl)c1. The van der Waals surface area contributed by atoms with E-state index in [1.165, 1.54) is 12.8 Å². The fourth-order valence-corrected chi connectivity index (χ4v) is 3.42. The van der Waals surface area contributed by atoms with E-state index in [0.29, 0.717) is 23.6 Å². The van der Waals surface area contributed by atoms with Gasteiger partial charge in [0.2, 0.25) is 0 Å². The van der Waals surface area contributed by atoms with E-state index in [9.17, 15) is 9.90 Å². The third-order valence-electron chi connectivity index (χ3n) is 4.54. The molecule has 3 rings (SSSR count). The molecular weight excluding hydrogens is 340 g/mol. The molecule has 1 fully saturated rings. The average molecular weight is 363 g/mol. The lowest BCUT2D eigenvalue weighted by Crippen LogP contribution is -2.31. The number of halogens is 1. The summed E-state index contributed by atoms with van der Waals surface area (Å²) >= 11 is 6.36. The van der Waals surface area contributed by atoms with Gasteiger partial charge in [0.15, 0.2) is 0 Å². The van der Waals surface area contributed by atoms with Gasteiger partial charge < -0.3 is 19.7 Å². The van der Waals surface area contributed by atoms with Crippen LogP contribution < -0.4 is 10.2 Å². The number of amides is 1. The Morgan fingerprint density at radius 2 is 2.12 bits per heavy atom. The molecule has 0 bridgehead atoms. The van der Waals surface area contributed by atoms with Gasteiger partial charge in [0.05, 0.1) is 17.0 Å². The summed E-state index contributed by atoms with van der Waals surface area (Å²) in [5, 5.41) is 13.0. The van der Waals surface area contributed by atoms with Crippen molar-refractivity contribution in [1.29, 1.82) is 0 Å². The van der Waals surface area contributed by atoms with Crippen molar-refractivity contribution in [3.63, 3.8) is 0 Å². The van der Waals surface area contributed by atoms with Gasteiger partial charge in [0.25, 0.3) is 5.91 Å². The first-order chi connectivity index (χ1) is 12.2. The summed E-state index contributed by atoms with van der Waals surface area (Å²) < 4.78 is 5.29. The topological polar surface area (TPSA) is 65.7 Å². The molecule has 0 saturated carbocycles. The Morgan fingerprint density at radius 3 is 2.76 bits per heavy atom. The van der Waals surface area contributed by atoms with Gasteiger partial charge in [-0.1, -0.05) is 11.6 Å². The smallest absolute Gasteiger partial charge is 0.251 e. The molecule has 1 unspecified atom stereocenters. The number of nitrogens with zero attached hydrogens (tertiary/aromatic N) is 1.